The molecule has 1 N–H and O–H groups in total. The Kier molecular flexibility index (Phi) is 4.23. The minimum absolute atomic E-state index is 0.0432. The number of hydrogen-bond donors (Lipinski definition) is 1. The highest BCUT2D eigenvalue weighted by atomic mass is 16.2. The molecule has 0 spiro atoms. The molecule has 2 bridgehead atoms. The molecular formula is C23H23N3O2. The second-order valence-corrected chi connectivity index (χ2v) is 8.05. The Bertz CT molecular complexity index is 1020. The summed E-state index contributed by atoms with van der Waals surface area (Å²) in [5, 5.41) is 8.61. The van der Waals surface area contributed by atoms with Crippen LogP contribution in [0.5, 0.6) is 0 Å². The standard InChI is InChI=1S/C23H23N3O2/c27-22-15-5-3-6-16(22)13-18(12-15)23(28)25-19-8-10-20(11-9-19)26-21-7-2-1-4-17(21)14-24-26/h1-2,4,7-11,14-16,18H,3,5-6,12-13H2,(H,25,28). The summed E-state index contributed by atoms with van der Waals surface area (Å²) in [4.78, 5) is 25.0. The number of amides is 1. The smallest absolute Gasteiger partial charge is 0.227 e. The van der Waals surface area contributed by atoms with Gasteiger partial charge < -0.3 is 5.32 Å². The van der Waals surface area contributed by atoms with Gasteiger partial charge in [-0.25, -0.2) is 4.68 Å². The highest BCUT2D eigenvalue weighted by Gasteiger charge is 2.41. The molecule has 2 aromatic carbocycles. The van der Waals surface area contributed by atoms with Crippen LogP contribution < -0.4 is 5.32 Å². The lowest BCUT2D eigenvalue weighted by Crippen LogP contribution is -2.40. The van der Waals surface area contributed by atoms with Gasteiger partial charge in [0.25, 0.3) is 0 Å². The van der Waals surface area contributed by atoms with Crippen LogP contribution in [0.3, 0.4) is 0 Å². The van der Waals surface area contributed by atoms with Crippen molar-refractivity contribution in [2.75, 3.05) is 5.32 Å². The van der Waals surface area contributed by atoms with E-state index in [-0.39, 0.29) is 23.7 Å². The first-order valence-corrected chi connectivity index (χ1v) is 10.1. The summed E-state index contributed by atoms with van der Waals surface area (Å²) in [5.41, 5.74) is 2.79. The van der Waals surface area contributed by atoms with Crippen LogP contribution in [0.25, 0.3) is 16.6 Å². The molecule has 0 aliphatic heterocycles. The molecule has 5 heteroatoms. The average Bonchev–Trinajstić information content (AvgIpc) is 3.12. The van der Waals surface area contributed by atoms with E-state index in [9.17, 15) is 9.59 Å². The van der Waals surface area contributed by atoms with Crippen LogP contribution in [0.1, 0.15) is 32.1 Å². The largest absolute Gasteiger partial charge is 0.326 e. The molecule has 142 valence electrons. The third kappa shape index (κ3) is 3.01. The van der Waals surface area contributed by atoms with Crippen molar-refractivity contribution in [3.63, 3.8) is 0 Å². The van der Waals surface area contributed by atoms with Crippen molar-refractivity contribution in [3.05, 3.63) is 54.7 Å². The van der Waals surface area contributed by atoms with Gasteiger partial charge in [0, 0.05) is 28.8 Å². The van der Waals surface area contributed by atoms with Crippen LogP contribution in [-0.2, 0) is 9.59 Å². The third-order valence-corrected chi connectivity index (χ3v) is 6.28. The number of nitrogens with zero attached hydrogens (tertiary/aromatic N) is 2. The molecule has 28 heavy (non-hydrogen) atoms. The maximum Gasteiger partial charge on any atom is 0.227 e. The third-order valence-electron chi connectivity index (χ3n) is 6.28. The number of ketones is 1. The highest BCUT2D eigenvalue weighted by molar-refractivity contribution is 5.95. The van der Waals surface area contributed by atoms with Gasteiger partial charge >= 0.3 is 0 Å². The summed E-state index contributed by atoms with van der Waals surface area (Å²) < 4.78 is 1.90. The summed E-state index contributed by atoms with van der Waals surface area (Å²) in [6, 6.07) is 15.8. The van der Waals surface area contributed by atoms with Gasteiger partial charge in [0.05, 0.1) is 17.4 Å². The van der Waals surface area contributed by atoms with Crippen LogP contribution in [-0.4, -0.2) is 21.5 Å². The van der Waals surface area contributed by atoms with E-state index in [1.165, 1.54) is 0 Å². The number of carbonyl (C=O) groups excluding carboxylic acids is 2. The number of carbonyl (C=O) groups is 2. The van der Waals surface area contributed by atoms with Gasteiger partial charge in [-0.15, -0.1) is 0 Å². The Morgan fingerprint density at radius 1 is 1.00 bits per heavy atom. The first kappa shape index (κ1) is 17.2. The number of Topliss-reactive ketones (excluding diaryl/α,β-unsaturated/α-hetero) is 1. The minimum atomic E-state index is -0.0530. The van der Waals surface area contributed by atoms with Crippen LogP contribution >= 0.6 is 0 Å². The molecule has 2 atom stereocenters. The normalized spacial score (nSPS) is 24.3. The zero-order valence-corrected chi connectivity index (χ0v) is 15.7. The number of para-hydroxylation sites is 1. The monoisotopic (exact) mass is 373 g/mol. The van der Waals surface area contributed by atoms with Crippen molar-refractivity contribution in [2.24, 2.45) is 17.8 Å². The van der Waals surface area contributed by atoms with Gasteiger partial charge in [-0.1, -0.05) is 24.6 Å². The van der Waals surface area contributed by atoms with Crippen molar-refractivity contribution >= 4 is 28.3 Å². The molecule has 2 aliphatic rings. The lowest BCUT2D eigenvalue weighted by molar-refractivity contribution is -0.136. The fraction of sp³-hybridized carbons (Fsp3) is 0.348. The Hall–Kier alpha value is -2.95. The first-order chi connectivity index (χ1) is 13.7. The number of anilines is 1. The van der Waals surface area contributed by atoms with E-state index >= 15 is 0 Å². The summed E-state index contributed by atoms with van der Waals surface area (Å²) in [6.07, 6.45) is 6.29. The summed E-state index contributed by atoms with van der Waals surface area (Å²) in [7, 11) is 0. The topological polar surface area (TPSA) is 64.0 Å². The van der Waals surface area contributed by atoms with Crippen molar-refractivity contribution < 1.29 is 9.59 Å². The predicted molar refractivity (Wildman–Crippen MR) is 108 cm³/mol. The Morgan fingerprint density at radius 2 is 1.71 bits per heavy atom. The first-order valence-electron chi connectivity index (χ1n) is 10.1. The Morgan fingerprint density at radius 3 is 2.46 bits per heavy atom. The highest BCUT2D eigenvalue weighted by Crippen LogP contribution is 2.40. The molecule has 2 fully saturated rings. The molecular weight excluding hydrogens is 350 g/mol. The summed E-state index contributed by atoms with van der Waals surface area (Å²) in [5.74, 6) is 0.577. The maximum atomic E-state index is 12.8. The van der Waals surface area contributed by atoms with E-state index in [2.05, 4.69) is 10.4 Å². The second-order valence-electron chi connectivity index (χ2n) is 8.05. The van der Waals surface area contributed by atoms with Gasteiger partial charge in [0.1, 0.15) is 5.78 Å². The molecule has 0 saturated heterocycles. The van der Waals surface area contributed by atoms with Crippen molar-refractivity contribution in [2.45, 2.75) is 32.1 Å². The number of nitrogens with one attached hydrogen (secondary N) is 1. The van der Waals surface area contributed by atoms with Crippen LogP contribution in [0.4, 0.5) is 5.69 Å². The van der Waals surface area contributed by atoms with E-state index in [1.54, 1.807) is 0 Å². The lowest BCUT2D eigenvalue weighted by Gasteiger charge is -2.36. The molecule has 5 nitrogen and oxygen atoms in total. The quantitative estimate of drug-likeness (QED) is 0.742. The molecule has 1 aromatic heterocycles. The zero-order chi connectivity index (χ0) is 19.1. The summed E-state index contributed by atoms with van der Waals surface area (Å²) >= 11 is 0. The van der Waals surface area contributed by atoms with Gasteiger partial charge in [0.15, 0.2) is 0 Å². The second kappa shape index (κ2) is 6.89. The SMILES string of the molecule is O=C(Nc1ccc(-n2ncc3ccccc32)cc1)C1CC2CCCC(C1)C2=O. The summed E-state index contributed by atoms with van der Waals surface area (Å²) in [6.45, 7) is 0. The van der Waals surface area contributed by atoms with Gasteiger partial charge in [-0.05, 0) is 56.0 Å². The Labute approximate surface area is 163 Å². The van der Waals surface area contributed by atoms with Crippen molar-refractivity contribution in [3.8, 4) is 5.69 Å². The van der Waals surface area contributed by atoms with Crippen LogP contribution in [0.15, 0.2) is 54.7 Å². The molecule has 2 aliphatic carbocycles. The molecule has 2 saturated carbocycles. The molecule has 0 radical (unpaired) electrons. The molecule has 2 unspecified atom stereocenters. The van der Waals surface area contributed by atoms with E-state index in [4.69, 9.17) is 0 Å². The van der Waals surface area contributed by atoms with E-state index in [0.29, 0.717) is 18.6 Å². The minimum Gasteiger partial charge on any atom is -0.326 e. The fourth-order valence-corrected chi connectivity index (χ4v) is 4.80. The number of rotatable bonds is 3. The fourth-order valence-electron chi connectivity index (χ4n) is 4.80. The van der Waals surface area contributed by atoms with E-state index < -0.39 is 0 Å². The predicted octanol–water partition coefficient (Wildman–Crippen LogP) is 4.36. The van der Waals surface area contributed by atoms with Crippen molar-refractivity contribution in [1.29, 1.82) is 0 Å². The van der Waals surface area contributed by atoms with Crippen LogP contribution in [0.2, 0.25) is 0 Å². The average molecular weight is 373 g/mol. The van der Waals surface area contributed by atoms with E-state index in [1.807, 2.05) is 59.4 Å². The molecule has 3 aromatic rings. The van der Waals surface area contributed by atoms with E-state index in [0.717, 1.165) is 41.5 Å². The number of hydrogen-bond acceptors (Lipinski definition) is 3. The Balaban J connectivity index is 1.30. The number of benzene rings is 2. The van der Waals surface area contributed by atoms with Gasteiger partial charge in [-0.2, -0.15) is 5.10 Å². The maximum absolute atomic E-state index is 12.8. The number of aromatic nitrogens is 2. The van der Waals surface area contributed by atoms with Crippen LogP contribution in [0, 0.1) is 17.8 Å². The molecule has 5 rings (SSSR count). The van der Waals surface area contributed by atoms with Gasteiger partial charge in [-0.3, -0.25) is 9.59 Å². The molecule has 1 heterocycles. The number of fused-ring (bicyclic) bond motifs is 3. The van der Waals surface area contributed by atoms with Gasteiger partial charge in [0.2, 0.25) is 5.91 Å². The lowest BCUT2D eigenvalue weighted by atomic mass is 9.67. The zero-order valence-electron chi connectivity index (χ0n) is 15.7. The molecule has 1 amide bonds. The van der Waals surface area contributed by atoms with Crippen molar-refractivity contribution in [1.82, 2.24) is 9.78 Å².